The van der Waals surface area contributed by atoms with Crippen molar-refractivity contribution in [1.82, 2.24) is 9.62 Å². The van der Waals surface area contributed by atoms with Crippen LogP contribution in [0.3, 0.4) is 0 Å². The summed E-state index contributed by atoms with van der Waals surface area (Å²) in [6, 6.07) is 0. The molecule has 0 unspecified atom stereocenters. The van der Waals surface area contributed by atoms with Gasteiger partial charge in [0.25, 0.3) is 0 Å². The molecule has 0 aromatic rings. The molecule has 0 heterocycles. The Kier molecular flexibility index (Phi) is 10.4. The van der Waals surface area contributed by atoms with Gasteiger partial charge in [0.05, 0.1) is 5.75 Å². The van der Waals surface area contributed by atoms with Crippen molar-refractivity contribution in [3.63, 3.8) is 0 Å². The second-order valence-electron chi connectivity index (χ2n) is 4.32. The van der Waals surface area contributed by atoms with Gasteiger partial charge in [0.1, 0.15) is 0 Å². The normalized spacial score (nSPS) is 12.9. The van der Waals surface area contributed by atoms with E-state index in [1.807, 2.05) is 6.92 Å². The van der Waals surface area contributed by atoms with Crippen molar-refractivity contribution in [2.75, 3.05) is 45.6 Å². The fourth-order valence-corrected chi connectivity index (χ4v) is 2.29. The highest BCUT2D eigenvalue weighted by Gasteiger charge is 2.13. The van der Waals surface area contributed by atoms with Crippen LogP contribution in [-0.2, 0) is 14.8 Å². The predicted molar refractivity (Wildman–Crippen MR) is 82.3 cm³/mol. The van der Waals surface area contributed by atoms with Crippen LogP contribution in [-0.4, -0.2) is 64.3 Å². The molecular weight excluding hydrogens is 280 g/mol. The molecule has 0 aliphatic heterocycles. The Bertz CT molecular complexity index is 371. The standard InChI is InChI=1S/C12H28N4O3S/c1-4-19-11-7-9-15-12(13)14-8-6-10-16(3)20(17,18)5-2/h4-11H2,1-3H3,(H3,13,14,15). The fourth-order valence-electron chi connectivity index (χ4n) is 1.44. The molecule has 0 radical (unpaired) electrons. The van der Waals surface area contributed by atoms with Gasteiger partial charge in [0.2, 0.25) is 10.0 Å². The van der Waals surface area contributed by atoms with Gasteiger partial charge in [-0.1, -0.05) is 0 Å². The highest BCUT2D eigenvalue weighted by Crippen LogP contribution is 1.98. The van der Waals surface area contributed by atoms with Crippen molar-refractivity contribution < 1.29 is 13.2 Å². The summed E-state index contributed by atoms with van der Waals surface area (Å²) in [6.45, 7) is 6.69. The zero-order valence-electron chi connectivity index (χ0n) is 12.8. The molecule has 3 N–H and O–H groups in total. The van der Waals surface area contributed by atoms with Gasteiger partial charge in [0, 0.05) is 39.9 Å². The Balaban J connectivity index is 3.71. The maximum Gasteiger partial charge on any atom is 0.213 e. The van der Waals surface area contributed by atoms with Gasteiger partial charge in [-0.3, -0.25) is 4.99 Å². The summed E-state index contributed by atoms with van der Waals surface area (Å²) >= 11 is 0. The van der Waals surface area contributed by atoms with Crippen molar-refractivity contribution in [2.24, 2.45) is 10.7 Å². The van der Waals surface area contributed by atoms with Gasteiger partial charge < -0.3 is 15.8 Å². The van der Waals surface area contributed by atoms with E-state index in [2.05, 4.69) is 10.3 Å². The number of rotatable bonds is 11. The van der Waals surface area contributed by atoms with Crippen LogP contribution in [0.5, 0.6) is 0 Å². The van der Waals surface area contributed by atoms with E-state index in [1.165, 1.54) is 4.31 Å². The van der Waals surface area contributed by atoms with Gasteiger partial charge in [0.15, 0.2) is 5.96 Å². The third kappa shape index (κ3) is 9.11. The Labute approximate surface area is 122 Å². The van der Waals surface area contributed by atoms with E-state index < -0.39 is 10.0 Å². The van der Waals surface area contributed by atoms with Gasteiger partial charge >= 0.3 is 0 Å². The maximum atomic E-state index is 11.5. The van der Waals surface area contributed by atoms with Crippen LogP contribution in [0, 0.1) is 0 Å². The smallest absolute Gasteiger partial charge is 0.213 e. The number of hydrogen-bond donors (Lipinski definition) is 2. The lowest BCUT2D eigenvalue weighted by molar-refractivity contribution is 0.146. The first-order valence-electron chi connectivity index (χ1n) is 6.99. The second-order valence-corrected chi connectivity index (χ2v) is 6.68. The number of guanidine groups is 1. The fraction of sp³-hybridized carbons (Fsp3) is 0.917. The monoisotopic (exact) mass is 308 g/mol. The molecule has 20 heavy (non-hydrogen) atoms. The molecule has 0 aromatic carbocycles. The average Bonchev–Trinajstić information content (AvgIpc) is 2.43. The Morgan fingerprint density at radius 1 is 1.35 bits per heavy atom. The second kappa shape index (κ2) is 10.9. The van der Waals surface area contributed by atoms with Crippen LogP contribution in [0.25, 0.3) is 0 Å². The summed E-state index contributed by atoms with van der Waals surface area (Å²) in [4.78, 5) is 4.15. The molecule has 0 aliphatic carbocycles. The molecule has 0 aromatic heterocycles. The Morgan fingerprint density at radius 3 is 2.65 bits per heavy atom. The third-order valence-electron chi connectivity index (χ3n) is 2.73. The number of aliphatic imine (C=N–C) groups is 1. The Hall–Kier alpha value is -0.860. The molecule has 0 amide bonds. The summed E-state index contributed by atoms with van der Waals surface area (Å²) in [5.41, 5.74) is 5.68. The topological polar surface area (TPSA) is 97.0 Å². The van der Waals surface area contributed by atoms with Gasteiger partial charge in [-0.2, -0.15) is 0 Å². The van der Waals surface area contributed by atoms with Crippen LogP contribution in [0.15, 0.2) is 4.99 Å². The molecule has 0 saturated carbocycles. The number of nitrogens with one attached hydrogen (secondary N) is 1. The molecule has 0 fully saturated rings. The lowest BCUT2D eigenvalue weighted by Crippen LogP contribution is -2.35. The molecule has 0 saturated heterocycles. The minimum atomic E-state index is -3.09. The number of nitrogens with two attached hydrogens (primary N) is 1. The van der Waals surface area contributed by atoms with Crippen LogP contribution < -0.4 is 11.1 Å². The van der Waals surface area contributed by atoms with Crippen LogP contribution in [0.4, 0.5) is 0 Å². The molecule has 0 atom stereocenters. The zero-order chi connectivity index (χ0) is 15.4. The minimum absolute atomic E-state index is 0.125. The number of sulfonamides is 1. The van der Waals surface area contributed by atoms with Crippen molar-refractivity contribution in [1.29, 1.82) is 0 Å². The molecule has 0 bridgehead atoms. The molecule has 120 valence electrons. The molecule has 0 spiro atoms. The predicted octanol–water partition coefficient (Wildman–Crippen LogP) is -0.0111. The zero-order valence-corrected chi connectivity index (χ0v) is 13.6. The highest BCUT2D eigenvalue weighted by molar-refractivity contribution is 7.89. The molecule has 8 heteroatoms. The molecular formula is C12H28N4O3S. The van der Waals surface area contributed by atoms with Crippen molar-refractivity contribution >= 4 is 16.0 Å². The maximum absolute atomic E-state index is 11.5. The van der Waals surface area contributed by atoms with E-state index in [1.54, 1.807) is 14.0 Å². The van der Waals surface area contributed by atoms with Gasteiger partial charge in [-0.25, -0.2) is 12.7 Å². The summed E-state index contributed by atoms with van der Waals surface area (Å²) < 4.78 is 29.6. The summed E-state index contributed by atoms with van der Waals surface area (Å²) in [6.07, 6.45) is 1.53. The van der Waals surface area contributed by atoms with Crippen molar-refractivity contribution in [3.8, 4) is 0 Å². The van der Waals surface area contributed by atoms with E-state index in [0.29, 0.717) is 45.2 Å². The first-order valence-corrected chi connectivity index (χ1v) is 8.60. The van der Waals surface area contributed by atoms with Gasteiger partial charge in [-0.15, -0.1) is 0 Å². The van der Waals surface area contributed by atoms with E-state index >= 15 is 0 Å². The molecule has 7 nitrogen and oxygen atoms in total. The molecule has 0 aliphatic rings. The largest absolute Gasteiger partial charge is 0.382 e. The highest BCUT2D eigenvalue weighted by atomic mass is 32.2. The Morgan fingerprint density at radius 2 is 2.05 bits per heavy atom. The number of ether oxygens (including phenoxy) is 1. The lowest BCUT2D eigenvalue weighted by atomic mass is 10.4. The SMILES string of the molecule is CCOCCCN=C(N)NCCCN(C)S(=O)(=O)CC. The van der Waals surface area contributed by atoms with Crippen molar-refractivity contribution in [2.45, 2.75) is 26.7 Å². The number of hydrogen-bond acceptors (Lipinski definition) is 4. The minimum Gasteiger partial charge on any atom is -0.382 e. The van der Waals surface area contributed by atoms with E-state index in [4.69, 9.17) is 10.5 Å². The quantitative estimate of drug-likeness (QED) is 0.318. The first kappa shape index (κ1) is 19.1. The third-order valence-corrected chi connectivity index (χ3v) is 4.59. The summed E-state index contributed by atoms with van der Waals surface area (Å²) in [5.74, 6) is 0.517. The van der Waals surface area contributed by atoms with Gasteiger partial charge in [-0.05, 0) is 26.7 Å². The first-order chi connectivity index (χ1) is 9.44. The van der Waals surface area contributed by atoms with Crippen LogP contribution in [0.1, 0.15) is 26.7 Å². The number of nitrogens with zero attached hydrogens (tertiary/aromatic N) is 2. The van der Waals surface area contributed by atoms with E-state index in [-0.39, 0.29) is 5.75 Å². The average molecular weight is 308 g/mol. The lowest BCUT2D eigenvalue weighted by Gasteiger charge is -2.15. The summed E-state index contributed by atoms with van der Waals surface area (Å²) in [5, 5.41) is 2.96. The van der Waals surface area contributed by atoms with Crippen molar-refractivity contribution in [3.05, 3.63) is 0 Å². The van der Waals surface area contributed by atoms with E-state index in [9.17, 15) is 8.42 Å². The van der Waals surface area contributed by atoms with E-state index in [0.717, 1.165) is 6.42 Å². The summed E-state index contributed by atoms with van der Waals surface area (Å²) in [7, 11) is -1.50. The van der Waals surface area contributed by atoms with Crippen LogP contribution >= 0.6 is 0 Å². The molecule has 0 rings (SSSR count). The van der Waals surface area contributed by atoms with Crippen LogP contribution in [0.2, 0.25) is 0 Å².